The Labute approximate surface area is 109 Å². The number of methoxy groups -OCH3 is 1. The van der Waals surface area contributed by atoms with Crippen LogP contribution >= 0.6 is 0 Å². The summed E-state index contributed by atoms with van der Waals surface area (Å²) in [5.41, 5.74) is 3.59. The number of hydrogen-bond donors (Lipinski definition) is 0. The van der Waals surface area contributed by atoms with Gasteiger partial charge in [-0.05, 0) is 23.1 Å². The molecule has 0 radical (unpaired) electrons. The van der Waals surface area contributed by atoms with Gasteiger partial charge in [0.05, 0.1) is 0 Å². The fraction of sp³-hybridized carbons (Fsp3) is 0.312. The fourth-order valence-electron chi connectivity index (χ4n) is 2.05. The molecule has 1 heterocycles. The molecule has 0 bridgehead atoms. The van der Waals surface area contributed by atoms with Gasteiger partial charge in [-0.3, -0.25) is 4.98 Å². The second kappa shape index (κ2) is 5.78. The number of pyridine rings is 1. The van der Waals surface area contributed by atoms with Gasteiger partial charge in [0, 0.05) is 25.1 Å². The average molecular weight is 241 g/mol. The monoisotopic (exact) mass is 241 g/mol. The van der Waals surface area contributed by atoms with Crippen molar-refractivity contribution in [2.45, 2.75) is 25.9 Å². The third-order valence-electron chi connectivity index (χ3n) is 3.13. The Bertz CT molecular complexity index is 476. The molecule has 2 aromatic rings. The maximum Gasteiger partial charge on any atom is 0.109 e. The van der Waals surface area contributed by atoms with E-state index in [1.807, 2.05) is 18.3 Å². The predicted molar refractivity (Wildman–Crippen MR) is 73.6 cm³/mol. The van der Waals surface area contributed by atoms with E-state index >= 15 is 0 Å². The van der Waals surface area contributed by atoms with E-state index in [-0.39, 0.29) is 6.10 Å². The maximum absolute atomic E-state index is 5.58. The molecule has 94 valence electrons. The molecule has 0 N–H and O–H groups in total. The summed E-state index contributed by atoms with van der Waals surface area (Å²) in [6, 6.07) is 12.6. The minimum absolute atomic E-state index is 0.0417. The molecule has 2 nitrogen and oxygen atoms in total. The lowest BCUT2D eigenvalue weighted by atomic mass is 9.98. The highest BCUT2D eigenvalue weighted by atomic mass is 16.5. The molecule has 0 amide bonds. The van der Waals surface area contributed by atoms with Crippen LogP contribution in [0.1, 0.15) is 42.6 Å². The molecule has 2 heteroatoms. The third-order valence-corrected chi connectivity index (χ3v) is 3.13. The molecule has 1 aromatic carbocycles. The second-order valence-corrected chi connectivity index (χ2v) is 4.72. The Hall–Kier alpha value is -1.67. The Morgan fingerprint density at radius 1 is 0.944 bits per heavy atom. The fourth-order valence-corrected chi connectivity index (χ4v) is 2.05. The Balaban J connectivity index is 2.28. The van der Waals surface area contributed by atoms with Gasteiger partial charge >= 0.3 is 0 Å². The third kappa shape index (κ3) is 2.77. The van der Waals surface area contributed by atoms with Crippen LogP contribution in [0.3, 0.4) is 0 Å². The van der Waals surface area contributed by atoms with Crippen molar-refractivity contribution in [1.29, 1.82) is 0 Å². The van der Waals surface area contributed by atoms with Crippen LogP contribution in [0.2, 0.25) is 0 Å². The number of ether oxygens (including phenoxy) is 1. The molecule has 0 saturated heterocycles. The summed E-state index contributed by atoms with van der Waals surface area (Å²) in [4.78, 5) is 4.14. The van der Waals surface area contributed by atoms with Gasteiger partial charge in [-0.15, -0.1) is 0 Å². The number of aromatic nitrogens is 1. The van der Waals surface area contributed by atoms with Gasteiger partial charge in [0.15, 0.2) is 0 Å². The first kappa shape index (κ1) is 12.8. The summed E-state index contributed by atoms with van der Waals surface area (Å²) in [6.45, 7) is 4.40. The molecule has 1 atom stereocenters. The van der Waals surface area contributed by atoms with Crippen LogP contribution in [-0.4, -0.2) is 12.1 Å². The summed E-state index contributed by atoms with van der Waals surface area (Å²) in [7, 11) is 1.73. The smallest absolute Gasteiger partial charge is 0.109 e. The summed E-state index contributed by atoms with van der Waals surface area (Å²) in [6.07, 6.45) is 3.59. The largest absolute Gasteiger partial charge is 0.372 e. The van der Waals surface area contributed by atoms with Gasteiger partial charge in [0.1, 0.15) is 6.10 Å². The first-order valence-corrected chi connectivity index (χ1v) is 6.25. The SMILES string of the molecule is COC(c1ccc(C(C)C)cc1)c1cccnc1. The van der Waals surface area contributed by atoms with Crippen molar-refractivity contribution >= 4 is 0 Å². The molecule has 0 fully saturated rings. The highest BCUT2D eigenvalue weighted by Gasteiger charge is 2.13. The maximum atomic E-state index is 5.58. The molecule has 2 rings (SSSR count). The van der Waals surface area contributed by atoms with Crippen molar-refractivity contribution in [2.24, 2.45) is 0 Å². The Morgan fingerprint density at radius 2 is 1.61 bits per heavy atom. The van der Waals surface area contributed by atoms with Gasteiger partial charge in [0.25, 0.3) is 0 Å². The molecule has 18 heavy (non-hydrogen) atoms. The van der Waals surface area contributed by atoms with Crippen molar-refractivity contribution in [2.75, 3.05) is 7.11 Å². The topological polar surface area (TPSA) is 22.1 Å². The molecule has 0 aliphatic heterocycles. The van der Waals surface area contributed by atoms with Gasteiger partial charge in [-0.1, -0.05) is 44.2 Å². The molecule has 0 spiro atoms. The molecule has 0 saturated carbocycles. The molecular weight excluding hydrogens is 222 g/mol. The highest BCUT2D eigenvalue weighted by Crippen LogP contribution is 2.26. The lowest BCUT2D eigenvalue weighted by molar-refractivity contribution is 0.136. The Morgan fingerprint density at radius 3 is 2.11 bits per heavy atom. The second-order valence-electron chi connectivity index (χ2n) is 4.72. The number of benzene rings is 1. The van der Waals surface area contributed by atoms with Crippen LogP contribution in [-0.2, 0) is 4.74 Å². The first-order valence-electron chi connectivity index (χ1n) is 6.25. The summed E-state index contributed by atoms with van der Waals surface area (Å²) in [5, 5.41) is 0. The Kier molecular flexibility index (Phi) is 4.11. The van der Waals surface area contributed by atoms with Crippen LogP contribution in [0, 0.1) is 0 Å². The van der Waals surface area contributed by atoms with E-state index in [1.165, 1.54) is 5.56 Å². The molecule has 1 unspecified atom stereocenters. The zero-order chi connectivity index (χ0) is 13.0. The molecule has 0 aliphatic carbocycles. The average Bonchev–Trinajstić information content (AvgIpc) is 2.41. The zero-order valence-electron chi connectivity index (χ0n) is 11.1. The van der Waals surface area contributed by atoms with Crippen molar-refractivity contribution in [3.8, 4) is 0 Å². The summed E-state index contributed by atoms with van der Waals surface area (Å²) in [5.74, 6) is 0.554. The normalized spacial score (nSPS) is 12.7. The van der Waals surface area contributed by atoms with E-state index in [2.05, 4.69) is 43.1 Å². The minimum Gasteiger partial charge on any atom is -0.372 e. The van der Waals surface area contributed by atoms with Crippen LogP contribution in [0.15, 0.2) is 48.8 Å². The van der Waals surface area contributed by atoms with Crippen molar-refractivity contribution < 1.29 is 4.74 Å². The predicted octanol–water partition coefficient (Wildman–Crippen LogP) is 3.94. The van der Waals surface area contributed by atoms with Gasteiger partial charge in [-0.25, -0.2) is 0 Å². The van der Waals surface area contributed by atoms with E-state index in [9.17, 15) is 0 Å². The number of nitrogens with zero attached hydrogens (tertiary/aromatic N) is 1. The summed E-state index contributed by atoms with van der Waals surface area (Å²) < 4.78 is 5.58. The molecule has 1 aromatic heterocycles. The van der Waals surface area contributed by atoms with E-state index in [0.29, 0.717) is 5.92 Å². The van der Waals surface area contributed by atoms with E-state index in [4.69, 9.17) is 4.74 Å². The van der Waals surface area contributed by atoms with E-state index in [0.717, 1.165) is 11.1 Å². The van der Waals surface area contributed by atoms with Crippen LogP contribution in [0.25, 0.3) is 0 Å². The van der Waals surface area contributed by atoms with Gasteiger partial charge in [-0.2, -0.15) is 0 Å². The van der Waals surface area contributed by atoms with Crippen LogP contribution in [0.5, 0.6) is 0 Å². The van der Waals surface area contributed by atoms with Crippen molar-refractivity contribution in [1.82, 2.24) is 4.98 Å². The van der Waals surface area contributed by atoms with Crippen LogP contribution < -0.4 is 0 Å². The molecular formula is C16H19NO. The number of rotatable bonds is 4. The lowest BCUT2D eigenvalue weighted by Gasteiger charge is -2.16. The van der Waals surface area contributed by atoms with E-state index < -0.39 is 0 Å². The minimum atomic E-state index is -0.0417. The van der Waals surface area contributed by atoms with Crippen LogP contribution in [0.4, 0.5) is 0 Å². The van der Waals surface area contributed by atoms with Gasteiger partial charge < -0.3 is 4.74 Å². The van der Waals surface area contributed by atoms with Crippen molar-refractivity contribution in [3.63, 3.8) is 0 Å². The first-order chi connectivity index (χ1) is 8.72. The van der Waals surface area contributed by atoms with Crippen molar-refractivity contribution in [3.05, 3.63) is 65.5 Å². The van der Waals surface area contributed by atoms with E-state index in [1.54, 1.807) is 13.3 Å². The zero-order valence-corrected chi connectivity index (χ0v) is 11.1. The number of hydrogen-bond acceptors (Lipinski definition) is 2. The quantitative estimate of drug-likeness (QED) is 0.808. The lowest BCUT2D eigenvalue weighted by Crippen LogP contribution is -2.04. The standard InChI is InChI=1S/C16H19NO/c1-12(2)13-6-8-14(9-7-13)16(18-3)15-5-4-10-17-11-15/h4-12,16H,1-3H3. The molecule has 0 aliphatic rings. The summed E-state index contributed by atoms with van der Waals surface area (Å²) >= 11 is 0. The highest BCUT2D eigenvalue weighted by molar-refractivity contribution is 5.31. The van der Waals surface area contributed by atoms with Gasteiger partial charge in [0.2, 0.25) is 0 Å².